The topological polar surface area (TPSA) is 15.8 Å². The monoisotopic (exact) mass is 263 g/mol. The first kappa shape index (κ1) is 9.46. The highest BCUT2D eigenvalue weighted by Crippen LogP contribution is 2.45. The van der Waals surface area contributed by atoms with Crippen LogP contribution in [0.1, 0.15) is 35.6 Å². The van der Waals surface area contributed by atoms with Gasteiger partial charge in [0.2, 0.25) is 0 Å². The Morgan fingerprint density at radius 1 is 1.27 bits per heavy atom. The van der Waals surface area contributed by atoms with Crippen molar-refractivity contribution in [3.8, 4) is 0 Å². The zero-order valence-corrected chi connectivity index (χ0v) is 10.6. The van der Waals surface area contributed by atoms with Gasteiger partial charge in [0.15, 0.2) is 0 Å². The predicted octanol–water partition coefficient (Wildman–Crippen LogP) is 4.42. The summed E-state index contributed by atoms with van der Waals surface area (Å²) in [5, 5.41) is 1.37. The second-order valence-electron chi connectivity index (χ2n) is 4.56. The first-order valence-corrected chi connectivity index (χ1v) is 6.25. The third kappa shape index (κ3) is 1.35. The summed E-state index contributed by atoms with van der Waals surface area (Å²) in [5.41, 5.74) is 5.43. The van der Waals surface area contributed by atoms with E-state index in [9.17, 15) is 0 Å². The van der Waals surface area contributed by atoms with Gasteiger partial charge in [-0.1, -0.05) is 6.07 Å². The molecule has 0 unspecified atom stereocenters. The number of rotatable bonds is 1. The Morgan fingerprint density at radius 3 is 2.67 bits per heavy atom. The maximum absolute atomic E-state index is 3.75. The average molecular weight is 264 g/mol. The van der Waals surface area contributed by atoms with Gasteiger partial charge in [-0.2, -0.15) is 0 Å². The predicted molar refractivity (Wildman–Crippen MR) is 67.4 cm³/mol. The van der Waals surface area contributed by atoms with Crippen molar-refractivity contribution < 1.29 is 0 Å². The molecule has 1 fully saturated rings. The molecule has 78 valence electrons. The summed E-state index contributed by atoms with van der Waals surface area (Å²) in [6, 6.07) is 4.38. The van der Waals surface area contributed by atoms with Gasteiger partial charge in [-0.15, -0.1) is 0 Å². The Kier molecular flexibility index (Phi) is 1.96. The molecule has 0 amide bonds. The summed E-state index contributed by atoms with van der Waals surface area (Å²) in [5.74, 6) is 0.770. The van der Waals surface area contributed by atoms with E-state index >= 15 is 0 Å². The highest BCUT2D eigenvalue weighted by molar-refractivity contribution is 9.10. The number of aromatic nitrogens is 1. The maximum atomic E-state index is 3.75. The van der Waals surface area contributed by atoms with E-state index in [-0.39, 0.29) is 0 Å². The summed E-state index contributed by atoms with van der Waals surface area (Å²) < 4.78 is 1.29. The minimum absolute atomic E-state index is 0.770. The first-order valence-electron chi connectivity index (χ1n) is 5.45. The molecule has 0 spiro atoms. The lowest BCUT2D eigenvalue weighted by atomic mass is 10.1. The van der Waals surface area contributed by atoms with Crippen LogP contribution in [0, 0.1) is 13.8 Å². The quantitative estimate of drug-likeness (QED) is 0.784. The molecule has 1 nitrogen and oxygen atoms in total. The molecule has 0 bridgehead atoms. The van der Waals surface area contributed by atoms with Crippen LogP contribution >= 0.6 is 15.9 Å². The van der Waals surface area contributed by atoms with Crippen LogP contribution in [0.2, 0.25) is 0 Å². The normalized spacial score (nSPS) is 16.2. The summed E-state index contributed by atoms with van der Waals surface area (Å²) in [6.45, 7) is 4.37. The number of benzene rings is 1. The Morgan fingerprint density at radius 2 is 2.00 bits per heavy atom. The van der Waals surface area contributed by atoms with Gasteiger partial charge in [0, 0.05) is 27.0 Å². The van der Waals surface area contributed by atoms with Gasteiger partial charge >= 0.3 is 0 Å². The fourth-order valence-corrected chi connectivity index (χ4v) is 3.12. The minimum Gasteiger partial charge on any atom is -0.357 e. The molecule has 0 aliphatic heterocycles. The lowest BCUT2D eigenvalue weighted by Gasteiger charge is -2.01. The van der Waals surface area contributed by atoms with Crippen LogP contribution in [-0.4, -0.2) is 4.98 Å². The minimum atomic E-state index is 0.770. The van der Waals surface area contributed by atoms with Crippen molar-refractivity contribution in [2.45, 2.75) is 32.6 Å². The molecule has 0 radical (unpaired) electrons. The van der Waals surface area contributed by atoms with Crippen LogP contribution < -0.4 is 0 Å². The standard InChI is InChI=1S/C13H14BrN/c1-7-3-6-10-11(8(7)2)12(14)13(15-10)9-4-5-9/h3,6,9,15H,4-5H2,1-2H3. The molecule has 1 aromatic carbocycles. The highest BCUT2D eigenvalue weighted by Gasteiger charge is 2.28. The largest absolute Gasteiger partial charge is 0.357 e. The van der Waals surface area contributed by atoms with E-state index in [0.717, 1.165) is 5.92 Å². The molecule has 0 atom stereocenters. The van der Waals surface area contributed by atoms with Gasteiger partial charge in [0.25, 0.3) is 0 Å². The van der Waals surface area contributed by atoms with Crippen molar-refractivity contribution in [3.05, 3.63) is 33.4 Å². The van der Waals surface area contributed by atoms with Gasteiger partial charge in [-0.3, -0.25) is 0 Å². The van der Waals surface area contributed by atoms with E-state index in [2.05, 4.69) is 46.9 Å². The number of aromatic amines is 1. The van der Waals surface area contributed by atoms with E-state index in [1.54, 1.807) is 0 Å². The van der Waals surface area contributed by atoms with E-state index in [4.69, 9.17) is 0 Å². The summed E-state index contributed by atoms with van der Waals surface area (Å²) in [6.07, 6.45) is 2.67. The molecular formula is C13H14BrN. The molecule has 0 saturated heterocycles. The van der Waals surface area contributed by atoms with Crippen molar-refractivity contribution in [3.63, 3.8) is 0 Å². The Hall–Kier alpha value is -0.760. The van der Waals surface area contributed by atoms with Gasteiger partial charge in [-0.05, 0) is 59.8 Å². The lowest BCUT2D eigenvalue weighted by Crippen LogP contribution is -1.81. The van der Waals surface area contributed by atoms with E-state index < -0.39 is 0 Å². The molecule has 1 aromatic heterocycles. The summed E-state index contributed by atoms with van der Waals surface area (Å²) in [7, 11) is 0. The van der Waals surface area contributed by atoms with Crippen LogP contribution in [0.25, 0.3) is 10.9 Å². The number of halogens is 1. The SMILES string of the molecule is Cc1ccc2[nH]c(C3CC3)c(Br)c2c1C. The van der Waals surface area contributed by atoms with E-state index in [1.165, 1.54) is 45.0 Å². The third-order valence-corrected chi connectivity index (χ3v) is 4.27. The number of nitrogens with one attached hydrogen (secondary N) is 1. The molecule has 1 saturated carbocycles. The summed E-state index contributed by atoms with van der Waals surface area (Å²) >= 11 is 3.75. The number of aryl methyl sites for hydroxylation is 2. The molecule has 2 heteroatoms. The Bertz CT molecular complexity index is 535. The van der Waals surface area contributed by atoms with Gasteiger partial charge in [0.05, 0.1) is 0 Å². The molecule has 1 heterocycles. The van der Waals surface area contributed by atoms with Crippen molar-refractivity contribution in [2.24, 2.45) is 0 Å². The average Bonchev–Trinajstić information content (AvgIpc) is 2.98. The van der Waals surface area contributed by atoms with Crippen molar-refractivity contribution >= 4 is 26.8 Å². The smallest absolute Gasteiger partial charge is 0.0470 e. The van der Waals surface area contributed by atoms with Crippen LogP contribution in [0.3, 0.4) is 0 Å². The number of H-pyrrole nitrogens is 1. The fourth-order valence-electron chi connectivity index (χ4n) is 2.19. The van der Waals surface area contributed by atoms with Crippen molar-refractivity contribution in [2.75, 3.05) is 0 Å². The zero-order valence-electron chi connectivity index (χ0n) is 9.02. The second-order valence-corrected chi connectivity index (χ2v) is 5.35. The third-order valence-electron chi connectivity index (χ3n) is 3.45. The first-order chi connectivity index (χ1) is 7.18. The maximum Gasteiger partial charge on any atom is 0.0470 e. The molecular weight excluding hydrogens is 250 g/mol. The lowest BCUT2D eigenvalue weighted by molar-refractivity contribution is 1.05. The number of fused-ring (bicyclic) bond motifs is 1. The fraction of sp³-hybridized carbons (Fsp3) is 0.385. The zero-order chi connectivity index (χ0) is 10.6. The van der Waals surface area contributed by atoms with Crippen LogP contribution in [-0.2, 0) is 0 Å². The molecule has 1 aliphatic rings. The molecule has 3 rings (SSSR count). The van der Waals surface area contributed by atoms with Gasteiger partial charge in [-0.25, -0.2) is 0 Å². The Balaban J connectivity index is 2.35. The van der Waals surface area contributed by atoms with E-state index in [0.29, 0.717) is 0 Å². The second kappa shape index (κ2) is 3.11. The highest BCUT2D eigenvalue weighted by atomic mass is 79.9. The van der Waals surface area contributed by atoms with Crippen LogP contribution in [0.5, 0.6) is 0 Å². The molecule has 1 N–H and O–H groups in total. The van der Waals surface area contributed by atoms with Crippen molar-refractivity contribution in [1.29, 1.82) is 0 Å². The van der Waals surface area contributed by atoms with E-state index in [1.807, 2.05) is 0 Å². The molecule has 15 heavy (non-hydrogen) atoms. The van der Waals surface area contributed by atoms with Gasteiger partial charge < -0.3 is 4.98 Å². The van der Waals surface area contributed by atoms with Crippen LogP contribution in [0.15, 0.2) is 16.6 Å². The summed E-state index contributed by atoms with van der Waals surface area (Å²) in [4.78, 5) is 3.55. The molecule has 1 aliphatic carbocycles. The van der Waals surface area contributed by atoms with Crippen molar-refractivity contribution in [1.82, 2.24) is 4.98 Å². The number of hydrogen-bond donors (Lipinski definition) is 1. The number of hydrogen-bond acceptors (Lipinski definition) is 0. The molecule has 2 aromatic rings. The Labute approximate surface area is 98.0 Å². The van der Waals surface area contributed by atoms with Crippen LogP contribution in [0.4, 0.5) is 0 Å². The van der Waals surface area contributed by atoms with Gasteiger partial charge in [0.1, 0.15) is 0 Å².